The molecule has 1 aromatic rings. The van der Waals surface area contributed by atoms with E-state index in [1.54, 1.807) is 0 Å². The highest BCUT2D eigenvalue weighted by Crippen LogP contribution is 2.57. The summed E-state index contributed by atoms with van der Waals surface area (Å²) < 4.78 is 2.16. The van der Waals surface area contributed by atoms with Gasteiger partial charge in [0, 0.05) is 18.1 Å². The Hall–Kier alpha value is -0.500. The zero-order valence-electron chi connectivity index (χ0n) is 11.5. The summed E-state index contributed by atoms with van der Waals surface area (Å²) in [7, 11) is 0. The van der Waals surface area contributed by atoms with Crippen molar-refractivity contribution < 1.29 is 0 Å². The summed E-state index contributed by atoms with van der Waals surface area (Å²) in [5.41, 5.74) is 2.90. The third-order valence-corrected chi connectivity index (χ3v) is 5.72. The molecule has 0 amide bonds. The second-order valence-electron chi connectivity index (χ2n) is 6.35. The highest BCUT2D eigenvalue weighted by molar-refractivity contribution is 6.18. The Balaban J connectivity index is 1.86. The van der Waals surface area contributed by atoms with Gasteiger partial charge in [-0.1, -0.05) is 6.42 Å². The summed E-state index contributed by atoms with van der Waals surface area (Å²) in [5.74, 6) is 2.63. The summed E-state index contributed by atoms with van der Waals surface area (Å²) >= 11 is 6.38. The summed E-state index contributed by atoms with van der Waals surface area (Å²) in [6.45, 7) is 5.23. The molecule has 3 heteroatoms. The summed E-state index contributed by atoms with van der Waals surface area (Å²) in [6, 6.07) is 2.25. The number of aryl methyl sites for hydroxylation is 2. The molecular formula is C15H23ClN2. The molecule has 0 aromatic carbocycles. The fraction of sp³-hybridized carbons (Fsp3) is 0.800. The monoisotopic (exact) mass is 266 g/mol. The standard InChI is InChI=1S/C15H23ClN2/c1-3-18-14(6-11(2)17-18)9-15(10-16)8-12-4-5-13(15)7-12/h6,12-13H,3-5,7-10H2,1-2H3. The van der Waals surface area contributed by atoms with Crippen LogP contribution < -0.4 is 0 Å². The van der Waals surface area contributed by atoms with Crippen LogP contribution >= 0.6 is 11.6 Å². The molecule has 2 aliphatic carbocycles. The topological polar surface area (TPSA) is 17.8 Å². The number of aromatic nitrogens is 2. The van der Waals surface area contributed by atoms with Crippen LogP contribution in [0.1, 0.15) is 44.0 Å². The van der Waals surface area contributed by atoms with Crippen molar-refractivity contribution in [1.29, 1.82) is 0 Å². The van der Waals surface area contributed by atoms with E-state index >= 15 is 0 Å². The molecule has 3 unspecified atom stereocenters. The lowest BCUT2D eigenvalue weighted by Gasteiger charge is -2.36. The fourth-order valence-corrected chi connectivity index (χ4v) is 4.78. The van der Waals surface area contributed by atoms with Gasteiger partial charge in [-0.15, -0.1) is 11.6 Å². The maximum absolute atomic E-state index is 6.38. The molecule has 0 N–H and O–H groups in total. The van der Waals surface area contributed by atoms with E-state index in [4.69, 9.17) is 11.6 Å². The molecule has 2 saturated carbocycles. The van der Waals surface area contributed by atoms with Gasteiger partial charge >= 0.3 is 0 Å². The van der Waals surface area contributed by atoms with Gasteiger partial charge in [0.05, 0.1) is 5.69 Å². The van der Waals surface area contributed by atoms with Crippen molar-refractivity contribution >= 4 is 11.6 Å². The van der Waals surface area contributed by atoms with Crippen molar-refractivity contribution in [3.8, 4) is 0 Å². The van der Waals surface area contributed by atoms with Gasteiger partial charge < -0.3 is 0 Å². The SMILES string of the molecule is CCn1nc(C)cc1CC1(CCl)CC2CCC1C2. The van der Waals surface area contributed by atoms with Gasteiger partial charge in [-0.2, -0.15) is 5.10 Å². The first kappa shape index (κ1) is 12.5. The molecule has 3 rings (SSSR count). The van der Waals surface area contributed by atoms with Crippen LogP contribution in [0.2, 0.25) is 0 Å². The van der Waals surface area contributed by atoms with Crippen LogP contribution in [-0.4, -0.2) is 15.7 Å². The minimum absolute atomic E-state index is 0.365. The number of rotatable bonds is 4. The Morgan fingerprint density at radius 3 is 2.89 bits per heavy atom. The molecule has 100 valence electrons. The van der Waals surface area contributed by atoms with Crippen LogP contribution in [0.15, 0.2) is 6.07 Å². The Bertz CT molecular complexity index is 440. The molecule has 18 heavy (non-hydrogen) atoms. The van der Waals surface area contributed by atoms with Gasteiger partial charge in [-0.25, -0.2) is 0 Å². The average Bonchev–Trinajstić information content (AvgIpc) is 3.03. The van der Waals surface area contributed by atoms with Crippen molar-refractivity contribution in [3.05, 3.63) is 17.5 Å². The molecule has 0 saturated heterocycles. The van der Waals surface area contributed by atoms with Gasteiger partial charge in [-0.05, 0) is 62.8 Å². The van der Waals surface area contributed by atoms with E-state index in [1.165, 1.54) is 31.4 Å². The molecule has 2 fully saturated rings. The Morgan fingerprint density at radius 2 is 2.33 bits per heavy atom. The summed E-state index contributed by atoms with van der Waals surface area (Å²) in [4.78, 5) is 0. The largest absolute Gasteiger partial charge is 0.270 e. The molecule has 0 aliphatic heterocycles. The summed E-state index contributed by atoms with van der Waals surface area (Å²) in [6.07, 6.45) is 6.74. The normalized spacial score (nSPS) is 34.4. The van der Waals surface area contributed by atoms with Gasteiger partial charge in [-0.3, -0.25) is 4.68 Å². The molecule has 1 aromatic heterocycles. The molecule has 1 heterocycles. The number of hydrogen-bond donors (Lipinski definition) is 0. The highest BCUT2D eigenvalue weighted by atomic mass is 35.5. The van der Waals surface area contributed by atoms with Gasteiger partial charge in [0.1, 0.15) is 0 Å². The molecule has 2 aliphatic rings. The fourth-order valence-electron chi connectivity index (χ4n) is 4.36. The second-order valence-corrected chi connectivity index (χ2v) is 6.61. The predicted octanol–water partition coefficient (Wildman–Crippen LogP) is 3.80. The van der Waals surface area contributed by atoms with Crippen LogP contribution in [0.3, 0.4) is 0 Å². The maximum Gasteiger partial charge on any atom is 0.0596 e. The van der Waals surface area contributed by atoms with Crippen LogP contribution in [-0.2, 0) is 13.0 Å². The van der Waals surface area contributed by atoms with E-state index in [-0.39, 0.29) is 0 Å². The molecule has 0 spiro atoms. The number of alkyl halides is 1. The number of halogens is 1. The van der Waals surface area contributed by atoms with E-state index in [1.807, 2.05) is 0 Å². The minimum atomic E-state index is 0.365. The van der Waals surface area contributed by atoms with E-state index in [0.717, 1.165) is 36.4 Å². The third kappa shape index (κ3) is 1.89. The Labute approximate surface area is 115 Å². The van der Waals surface area contributed by atoms with Crippen molar-refractivity contribution in [2.75, 3.05) is 5.88 Å². The minimum Gasteiger partial charge on any atom is -0.270 e. The molecular weight excluding hydrogens is 244 g/mol. The maximum atomic E-state index is 6.38. The molecule has 2 bridgehead atoms. The predicted molar refractivity (Wildman–Crippen MR) is 74.9 cm³/mol. The van der Waals surface area contributed by atoms with Crippen molar-refractivity contribution in [3.63, 3.8) is 0 Å². The Morgan fingerprint density at radius 1 is 1.50 bits per heavy atom. The highest BCUT2D eigenvalue weighted by Gasteiger charge is 2.50. The van der Waals surface area contributed by atoms with Gasteiger partial charge in [0.25, 0.3) is 0 Å². The lowest BCUT2D eigenvalue weighted by atomic mass is 9.71. The van der Waals surface area contributed by atoms with Crippen LogP contribution in [0.25, 0.3) is 0 Å². The quantitative estimate of drug-likeness (QED) is 0.758. The second kappa shape index (κ2) is 4.56. The van der Waals surface area contributed by atoms with E-state index in [2.05, 4.69) is 29.7 Å². The molecule has 0 radical (unpaired) electrons. The van der Waals surface area contributed by atoms with Gasteiger partial charge in [0.15, 0.2) is 0 Å². The van der Waals surface area contributed by atoms with Crippen molar-refractivity contribution in [2.24, 2.45) is 17.3 Å². The van der Waals surface area contributed by atoms with E-state index in [0.29, 0.717) is 5.41 Å². The lowest BCUT2D eigenvalue weighted by Crippen LogP contribution is -2.33. The average molecular weight is 267 g/mol. The number of hydrogen-bond acceptors (Lipinski definition) is 1. The third-order valence-electron chi connectivity index (χ3n) is 5.19. The molecule has 2 nitrogen and oxygen atoms in total. The summed E-state index contributed by atoms with van der Waals surface area (Å²) in [5, 5.41) is 4.57. The van der Waals surface area contributed by atoms with Crippen molar-refractivity contribution in [1.82, 2.24) is 9.78 Å². The first-order valence-electron chi connectivity index (χ1n) is 7.26. The number of nitrogens with zero attached hydrogens (tertiary/aromatic N) is 2. The Kier molecular flexibility index (Phi) is 3.17. The zero-order chi connectivity index (χ0) is 12.8. The smallest absolute Gasteiger partial charge is 0.0596 e. The van der Waals surface area contributed by atoms with Crippen LogP contribution in [0.4, 0.5) is 0 Å². The number of fused-ring (bicyclic) bond motifs is 2. The van der Waals surface area contributed by atoms with E-state index in [9.17, 15) is 0 Å². The lowest BCUT2D eigenvalue weighted by molar-refractivity contribution is 0.189. The van der Waals surface area contributed by atoms with Crippen LogP contribution in [0.5, 0.6) is 0 Å². The zero-order valence-corrected chi connectivity index (χ0v) is 12.2. The first-order chi connectivity index (χ1) is 8.66. The first-order valence-corrected chi connectivity index (χ1v) is 7.79. The van der Waals surface area contributed by atoms with Crippen molar-refractivity contribution in [2.45, 2.75) is 52.5 Å². The van der Waals surface area contributed by atoms with E-state index < -0.39 is 0 Å². The van der Waals surface area contributed by atoms with Gasteiger partial charge in [0.2, 0.25) is 0 Å². The van der Waals surface area contributed by atoms with Crippen LogP contribution in [0, 0.1) is 24.2 Å². The molecule has 3 atom stereocenters.